The highest BCUT2D eigenvalue weighted by Crippen LogP contribution is 2.37. The second kappa shape index (κ2) is 17.2. The van der Waals surface area contributed by atoms with Gasteiger partial charge in [-0.25, -0.2) is 24.7 Å². The van der Waals surface area contributed by atoms with Gasteiger partial charge >= 0.3 is 6.03 Å². The van der Waals surface area contributed by atoms with Gasteiger partial charge in [0.1, 0.15) is 24.2 Å². The summed E-state index contributed by atoms with van der Waals surface area (Å²) in [5, 5.41) is 6.95. The summed E-state index contributed by atoms with van der Waals surface area (Å²) in [6, 6.07) is 26.4. The van der Waals surface area contributed by atoms with Gasteiger partial charge in [0.25, 0.3) is 0 Å². The number of fused-ring (bicyclic) bond motifs is 2. The number of rotatable bonds is 11. The summed E-state index contributed by atoms with van der Waals surface area (Å²) < 4.78 is 33.0. The van der Waals surface area contributed by atoms with Gasteiger partial charge in [-0.1, -0.05) is 6.07 Å². The molecule has 0 saturated carbocycles. The molecule has 15 nitrogen and oxygen atoms in total. The number of nitrogens with one attached hydrogen (secondary N) is 2. The molecule has 0 bridgehead atoms. The minimum atomic E-state index is -0.327. The molecule has 0 saturated heterocycles. The summed E-state index contributed by atoms with van der Waals surface area (Å²) in [4.78, 5) is 33.2. The topological polar surface area (TPSA) is 187 Å². The number of methoxy groups -OCH3 is 4. The van der Waals surface area contributed by atoms with E-state index in [-0.39, 0.29) is 6.03 Å². The number of benzene rings is 4. The maximum absolute atomic E-state index is 12.1. The molecule has 0 fully saturated rings. The van der Waals surface area contributed by atoms with Crippen molar-refractivity contribution in [2.75, 3.05) is 39.5 Å². The lowest BCUT2D eigenvalue weighted by Crippen LogP contribution is -2.28. The number of aromatic nitrogens is 5. The fourth-order valence-corrected chi connectivity index (χ4v) is 5.10. The number of pyridine rings is 1. The van der Waals surface area contributed by atoms with E-state index in [1.54, 1.807) is 107 Å². The molecule has 0 unspecified atom stereocenters. The summed E-state index contributed by atoms with van der Waals surface area (Å²) in [5.41, 5.74) is 9.11. The molecule has 7 rings (SSSR count). The van der Waals surface area contributed by atoms with Gasteiger partial charge < -0.3 is 44.8 Å². The molecular weight excluding hydrogens is 692 g/mol. The fourth-order valence-electron chi connectivity index (χ4n) is 5.10. The number of carbonyl (C=O) groups excluding carboxylic acids is 1. The van der Waals surface area contributed by atoms with Gasteiger partial charge in [0.2, 0.25) is 11.8 Å². The number of ether oxygens (including phenoxy) is 6. The maximum Gasteiger partial charge on any atom is 0.319 e. The van der Waals surface area contributed by atoms with Crippen molar-refractivity contribution in [2.45, 2.75) is 6.54 Å². The normalized spacial score (nSPS) is 10.4. The summed E-state index contributed by atoms with van der Waals surface area (Å²) in [5.74, 6) is 4.33. The number of nitrogen functional groups attached to an aromatic ring is 1. The quantitative estimate of drug-likeness (QED) is 0.114. The summed E-state index contributed by atoms with van der Waals surface area (Å²) in [6.45, 7) is 0.336. The maximum atomic E-state index is 12.1. The van der Waals surface area contributed by atoms with E-state index in [1.807, 2.05) is 18.2 Å². The van der Waals surface area contributed by atoms with Crippen LogP contribution in [0.15, 0.2) is 110 Å². The van der Waals surface area contributed by atoms with E-state index in [0.717, 1.165) is 11.1 Å². The zero-order chi connectivity index (χ0) is 37.9. The van der Waals surface area contributed by atoms with E-state index in [1.165, 1.54) is 12.7 Å². The highest BCUT2D eigenvalue weighted by molar-refractivity contribution is 5.90. The van der Waals surface area contributed by atoms with E-state index in [9.17, 15) is 4.79 Å². The van der Waals surface area contributed by atoms with Crippen LogP contribution in [0.2, 0.25) is 0 Å². The fraction of sp³-hybridized carbons (Fsp3) is 0.128. The molecule has 0 aliphatic carbocycles. The lowest BCUT2D eigenvalue weighted by atomic mass is 10.2. The standard InChI is InChI=1S/C23H21N5O4.C16H15N3O3/c1-30-20-11-18-19(12-21(20)31-2)26-14-27-22(18)32-17-8-6-15(7-9-17)28-23(29)25-13-16-5-3-4-10-24-16;1-20-14-7-12-13(8-15(14)21-2)18-9-19-16(12)22-11-5-3-10(17)4-6-11/h3-12,14H,13H2,1-2H3,(H2,25,28,29);3-9H,17H2,1-2H3. The lowest BCUT2D eigenvalue weighted by Gasteiger charge is -2.12. The molecule has 0 radical (unpaired) electrons. The number of nitrogens with two attached hydrogens (primary N) is 1. The highest BCUT2D eigenvalue weighted by Gasteiger charge is 2.14. The molecule has 0 atom stereocenters. The molecule has 54 heavy (non-hydrogen) atoms. The van der Waals surface area contributed by atoms with E-state index in [0.29, 0.717) is 80.6 Å². The molecule has 274 valence electrons. The van der Waals surface area contributed by atoms with Gasteiger partial charge in [0.05, 0.1) is 62.5 Å². The SMILES string of the molecule is COc1cc2ncnc(Oc3ccc(N)cc3)c2cc1OC.COc1cc2ncnc(Oc3ccc(NC(=O)NCc4ccccn4)cc3)c2cc1OC. The van der Waals surface area contributed by atoms with Gasteiger partial charge in [-0.05, 0) is 72.8 Å². The first kappa shape index (κ1) is 36.4. The zero-order valence-electron chi connectivity index (χ0n) is 29.8. The predicted octanol–water partition coefficient (Wildman–Crippen LogP) is 7.18. The number of nitrogens with zero attached hydrogens (tertiary/aromatic N) is 5. The van der Waals surface area contributed by atoms with Gasteiger partial charge in [-0.15, -0.1) is 0 Å². The number of carbonyl (C=O) groups is 1. The third-order valence-electron chi connectivity index (χ3n) is 7.79. The van der Waals surface area contributed by atoms with Gasteiger partial charge in [0.15, 0.2) is 23.0 Å². The minimum Gasteiger partial charge on any atom is -0.493 e. The lowest BCUT2D eigenvalue weighted by molar-refractivity contribution is 0.251. The van der Waals surface area contributed by atoms with Crippen molar-refractivity contribution in [2.24, 2.45) is 0 Å². The molecule has 0 spiro atoms. The molecule has 4 N–H and O–H groups in total. The van der Waals surface area contributed by atoms with Crippen molar-refractivity contribution in [1.29, 1.82) is 0 Å². The summed E-state index contributed by atoms with van der Waals surface area (Å²) in [6.07, 6.45) is 4.55. The van der Waals surface area contributed by atoms with Crippen LogP contribution >= 0.6 is 0 Å². The molecule has 0 aliphatic heterocycles. The Hall–Kier alpha value is -7.42. The molecule has 2 amide bonds. The molecule has 0 aliphatic rings. The van der Waals surface area contributed by atoms with Gasteiger partial charge in [-0.2, -0.15) is 0 Å². The van der Waals surface area contributed by atoms with Crippen molar-refractivity contribution in [3.05, 3.63) is 116 Å². The molecule has 4 aromatic carbocycles. The van der Waals surface area contributed by atoms with Crippen molar-refractivity contribution < 1.29 is 33.2 Å². The number of amides is 2. The minimum absolute atomic E-state index is 0.327. The van der Waals surface area contributed by atoms with Crippen LogP contribution in [-0.4, -0.2) is 59.4 Å². The Balaban J connectivity index is 0.000000197. The first-order valence-corrected chi connectivity index (χ1v) is 16.4. The van der Waals surface area contributed by atoms with Crippen LogP contribution < -0.4 is 44.8 Å². The molecule has 3 aromatic heterocycles. The Bertz CT molecular complexity index is 2350. The monoisotopic (exact) mass is 728 g/mol. The average molecular weight is 729 g/mol. The molecule has 7 aromatic rings. The second-order valence-corrected chi connectivity index (χ2v) is 11.2. The Labute approximate surface area is 310 Å². The highest BCUT2D eigenvalue weighted by atomic mass is 16.5. The average Bonchev–Trinajstić information content (AvgIpc) is 3.21. The second-order valence-electron chi connectivity index (χ2n) is 11.2. The first-order valence-electron chi connectivity index (χ1n) is 16.4. The zero-order valence-corrected chi connectivity index (χ0v) is 29.8. The summed E-state index contributed by atoms with van der Waals surface area (Å²) in [7, 11) is 6.29. The van der Waals surface area contributed by atoms with Crippen LogP contribution in [0.5, 0.6) is 46.3 Å². The van der Waals surface area contributed by atoms with E-state index in [2.05, 4.69) is 35.6 Å². The van der Waals surface area contributed by atoms with E-state index in [4.69, 9.17) is 34.2 Å². The smallest absolute Gasteiger partial charge is 0.319 e. The number of hydrogen-bond acceptors (Lipinski definition) is 13. The van der Waals surface area contributed by atoms with Crippen molar-refractivity contribution >= 4 is 39.2 Å². The van der Waals surface area contributed by atoms with Gasteiger partial charge in [-0.3, -0.25) is 4.98 Å². The first-order chi connectivity index (χ1) is 26.4. The van der Waals surface area contributed by atoms with Crippen LogP contribution in [0, 0.1) is 0 Å². The van der Waals surface area contributed by atoms with E-state index >= 15 is 0 Å². The van der Waals surface area contributed by atoms with Crippen LogP contribution in [0.3, 0.4) is 0 Å². The van der Waals surface area contributed by atoms with Crippen molar-refractivity contribution in [3.63, 3.8) is 0 Å². The Morgan fingerprint density at radius 1 is 0.611 bits per heavy atom. The van der Waals surface area contributed by atoms with Crippen LogP contribution in [0.25, 0.3) is 21.8 Å². The van der Waals surface area contributed by atoms with E-state index < -0.39 is 0 Å². The Kier molecular flexibility index (Phi) is 11.6. The van der Waals surface area contributed by atoms with Crippen LogP contribution in [0.1, 0.15) is 5.69 Å². The third kappa shape index (κ3) is 8.89. The van der Waals surface area contributed by atoms with Crippen molar-refractivity contribution in [3.8, 4) is 46.3 Å². The molecule has 3 heterocycles. The number of urea groups is 1. The van der Waals surface area contributed by atoms with Crippen LogP contribution in [-0.2, 0) is 6.54 Å². The Morgan fingerprint density at radius 2 is 1.11 bits per heavy atom. The molecular formula is C39H36N8O7. The summed E-state index contributed by atoms with van der Waals surface area (Å²) >= 11 is 0. The van der Waals surface area contributed by atoms with Gasteiger partial charge in [0, 0.05) is 29.7 Å². The molecule has 15 heteroatoms. The Morgan fingerprint density at radius 3 is 1.59 bits per heavy atom. The largest absolute Gasteiger partial charge is 0.493 e. The third-order valence-corrected chi connectivity index (χ3v) is 7.79. The predicted molar refractivity (Wildman–Crippen MR) is 203 cm³/mol. The van der Waals surface area contributed by atoms with Crippen LogP contribution in [0.4, 0.5) is 16.2 Å². The van der Waals surface area contributed by atoms with Crippen molar-refractivity contribution in [1.82, 2.24) is 30.2 Å². The number of anilines is 2. The number of hydrogen-bond donors (Lipinski definition) is 3.